The lowest BCUT2D eigenvalue weighted by Gasteiger charge is -2.53. The van der Waals surface area contributed by atoms with Crippen LogP contribution in [-0.4, -0.2) is 47.8 Å². The van der Waals surface area contributed by atoms with E-state index in [0.29, 0.717) is 0 Å². The largest absolute Gasteiger partial charge is 0.399 e. The monoisotopic (exact) mass is 412 g/mol. The van der Waals surface area contributed by atoms with E-state index >= 15 is 0 Å². The summed E-state index contributed by atoms with van der Waals surface area (Å²) in [6.07, 6.45) is 3.84. The van der Waals surface area contributed by atoms with Gasteiger partial charge in [-0.15, -0.1) is 0 Å². The molecule has 154 valence electrons. The van der Waals surface area contributed by atoms with Crippen LogP contribution in [0.3, 0.4) is 0 Å². The maximum Gasteiger partial charge on any atom is 0.399 e. The van der Waals surface area contributed by atoms with Crippen LogP contribution in [0.1, 0.15) is 48.5 Å². The van der Waals surface area contributed by atoms with E-state index in [0.717, 1.165) is 19.8 Å². The summed E-state index contributed by atoms with van der Waals surface area (Å²) in [6.45, 7) is 17.2. The molecule has 0 aliphatic carbocycles. The lowest BCUT2D eigenvalue weighted by atomic mass is 9.68. The summed E-state index contributed by atoms with van der Waals surface area (Å²) >= 11 is 0. The van der Waals surface area contributed by atoms with Gasteiger partial charge in [0.05, 0.1) is 33.0 Å². The van der Waals surface area contributed by atoms with Crippen LogP contribution in [0.15, 0.2) is 0 Å². The summed E-state index contributed by atoms with van der Waals surface area (Å²) in [5.74, 6) is 0. The molecule has 0 aromatic rings. The van der Waals surface area contributed by atoms with Crippen molar-refractivity contribution in [3.63, 3.8) is 0 Å². The molecule has 0 radical (unpaired) electrons. The van der Waals surface area contributed by atoms with Gasteiger partial charge in [0.2, 0.25) is 0 Å². The second-order valence-corrected chi connectivity index (χ2v) is 13.0. The van der Waals surface area contributed by atoms with Crippen LogP contribution < -0.4 is 0 Å². The third kappa shape index (κ3) is 4.54. The van der Waals surface area contributed by atoms with Gasteiger partial charge < -0.3 is 13.6 Å². The molecule has 0 amide bonds. The average Bonchev–Trinajstić information content (AvgIpc) is 2.50. The fourth-order valence-corrected chi connectivity index (χ4v) is 4.90. The van der Waals surface area contributed by atoms with Gasteiger partial charge in [0.1, 0.15) is 0 Å². The molecule has 4 rings (SSSR count). The Morgan fingerprint density at radius 1 is 0.808 bits per heavy atom. The van der Waals surface area contributed by atoms with Gasteiger partial charge in [0.15, 0.2) is 0 Å². The van der Waals surface area contributed by atoms with Crippen molar-refractivity contribution in [3.8, 4) is 0 Å². The molecule has 4 aliphatic heterocycles. The Labute approximate surface area is 158 Å². The summed E-state index contributed by atoms with van der Waals surface area (Å²) in [5, 5.41) is 0. The highest BCUT2D eigenvalue weighted by molar-refractivity contribution is 7.81. The predicted molar refractivity (Wildman–Crippen MR) is 102 cm³/mol. The van der Waals surface area contributed by atoms with Crippen LogP contribution in [0.4, 0.5) is 0 Å². The van der Waals surface area contributed by atoms with Crippen molar-refractivity contribution >= 4 is 24.3 Å². The standard InChI is InChI=1S/C9H17O3P.C8H16O4S/c1-8(2,3)9-5-10-13(4,11-6-9)12-7-9;1-7(2,3)8(4)5-11-13(9,10)12-6-8/h4-7H2,1-3H3;5-6H2,1-4H3. The molecule has 26 heavy (non-hydrogen) atoms. The number of hydrogen-bond acceptors (Lipinski definition) is 7. The van der Waals surface area contributed by atoms with E-state index < -0.39 is 18.0 Å². The summed E-state index contributed by atoms with van der Waals surface area (Å²) < 4.78 is 47.6. The number of hydrogen-bond donors (Lipinski definition) is 0. The van der Waals surface area contributed by atoms with Crippen molar-refractivity contribution in [1.82, 2.24) is 0 Å². The molecule has 0 aromatic heterocycles. The molecule has 4 heterocycles. The highest BCUT2D eigenvalue weighted by atomic mass is 32.3. The van der Waals surface area contributed by atoms with Crippen LogP contribution in [0.25, 0.3) is 0 Å². The highest BCUT2D eigenvalue weighted by Crippen LogP contribution is 2.63. The normalized spacial score (nSPS) is 36.1. The van der Waals surface area contributed by atoms with Crippen molar-refractivity contribution < 1.29 is 30.4 Å². The summed E-state index contributed by atoms with van der Waals surface area (Å²) in [7, 11) is -5.85. The van der Waals surface area contributed by atoms with Gasteiger partial charge in [0, 0.05) is 10.8 Å². The molecular formula is C17H33O7PS. The lowest BCUT2D eigenvalue weighted by molar-refractivity contribution is -0.130. The van der Waals surface area contributed by atoms with Crippen LogP contribution in [0.5, 0.6) is 0 Å². The quantitative estimate of drug-likeness (QED) is 0.562. The maximum absolute atomic E-state index is 10.8. The van der Waals surface area contributed by atoms with E-state index in [-0.39, 0.29) is 34.9 Å². The Hall–Kier alpha value is 0.0500. The molecule has 0 N–H and O–H groups in total. The smallest absolute Gasteiger partial charge is 0.317 e. The molecule has 0 atom stereocenters. The Morgan fingerprint density at radius 2 is 1.19 bits per heavy atom. The molecule has 0 aromatic carbocycles. The lowest BCUT2D eigenvalue weighted by Crippen LogP contribution is -2.52. The maximum atomic E-state index is 10.8. The van der Waals surface area contributed by atoms with E-state index in [4.69, 9.17) is 13.6 Å². The highest BCUT2D eigenvalue weighted by Gasteiger charge is 2.52. The Bertz CT molecular complexity index is 627. The summed E-state index contributed by atoms with van der Waals surface area (Å²) in [5.41, 5.74) is -0.119. The topological polar surface area (TPSA) is 80.3 Å². The average molecular weight is 412 g/mol. The minimum atomic E-state index is -3.71. The molecular weight excluding hydrogens is 379 g/mol. The van der Waals surface area contributed by atoms with Crippen molar-refractivity contribution in [1.29, 1.82) is 0 Å². The predicted octanol–water partition coefficient (Wildman–Crippen LogP) is 3.62. The van der Waals surface area contributed by atoms with Crippen molar-refractivity contribution in [2.75, 3.05) is 33.0 Å². The second kappa shape index (κ2) is 6.83. The van der Waals surface area contributed by atoms with Gasteiger partial charge in [0.25, 0.3) is 7.57 Å². The Kier molecular flexibility index (Phi) is 5.87. The van der Waals surface area contributed by atoms with Gasteiger partial charge in [-0.2, -0.15) is 8.42 Å². The van der Waals surface area contributed by atoms with E-state index in [2.05, 4.69) is 35.4 Å². The third-order valence-electron chi connectivity index (χ3n) is 6.06. The SMILES string of the molecule is C=P12OCC(C(C)(C)C)(CO1)CO2.CC(C)(C)C1(C)COS(=O)(=O)OC1. The van der Waals surface area contributed by atoms with Crippen LogP contribution in [0, 0.1) is 21.7 Å². The molecule has 2 bridgehead atoms. The summed E-state index contributed by atoms with van der Waals surface area (Å²) in [4.78, 5) is 0. The molecule has 4 aliphatic rings. The molecule has 0 unspecified atom stereocenters. The molecule has 0 spiro atoms. The van der Waals surface area contributed by atoms with Gasteiger partial charge in [-0.1, -0.05) is 48.5 Å². The number of rotatable bonds is 0. The van der Waals surface area contributed by atoms with Crippen LogP contribution in [0.2, 0.25) is 0 Å². The van der Waals surface area contributed by atoms with Gasteiger partial charge in [-0.25, -0.2) is 8.37 Å². The molecule has 9 heteroatoms. The molecule has 7 nitrogen and oxygen atoms in total. The van der Waals surface area contributed by atoms with Crippen LogP contribution >= 0.6 is 7.57 Å². The fourth-order valence-electron chi connectivity index (χ4n) is 2.47. The van der Waals surface area contributed by atoms with Gasteiger partial charge in [-0.3, -0.25) is 0 Å². The Morgan fingerprint density at radius 3 is 1.50 bits per heavy atom. The first-order valence-corrected chi connectivity index (χ1v) is 11.8. The molecule has 0 saturated carbocycles. The minimum Gasteiger partial charge on any atom is -0.317 e. The second-order valence-electron chi connectivity index (χ2n) is 9.70. The van der Waals surface area contributed by atoms with Crippen molar-refractivity contribution in [2.24, 2.45) is 21.7 Å². The zero-order chi connectivity index (χ0) is 20.1. The van der Waals surface area contributed by atoms with Crippen LogP contribution in [-0.2, 0) is 32.3 Å². The van der Waals surface area contributed by atoms with Crippen molar-refractivity contribution in [2.45, 2.75) is 48.5 Å². The van der Waals surface area contributed by atoms with E-state index in [1.807, 2.05) is 27.7 Å². The van der Waals surface area contributed by atoms with Gasteiger partial charge >= 0.3 is 10.4 Å². The van der Waals surface area contributed by atoms with E-state index in [9.17, 15) is 8.42 Å². The first kappa shape index (κ1) is 22.3. The fraction of sp³-hybridized carbons (Fsp3) is 0.941. The summed E-state index contributed by atoms with van der Waals surface area (Å²) in [6, 6.07) is 0. The molecule has 4 fully saturated rings. The first-order chi connectivity index (χ1) is 11.5. The van der Waals surface area contributed by atoms with E-state index in [1.165, 1.54) is 0 Å². The first-order valence-electron chi connectivity index (χ1n) is 8.74. The number of fused-ring (bicyclic) bond motifs is 3. The Balaban J connectivity index is 0.000000187. The zero-order valence-electron chi connectivity index (χ0n) is 17.0. The van der Waals surface area contributed by atoms with Gasteiger partial charge in [-0.05, 0) is 17.1 Å². The van der Waals surface area contributed by atoms with E-state index in [1.54, 1.807) is 0 Å². The van der Waals surface area contributed by atoms with Crippen molar-refractivity contribution in [3.05, 3.63) is 0 Å². The zero-order valence-corrected chi connectivity index (χ0v) is 18.7. The third-order valence-corrected chi connectivity index (χ3v) is 8.44. The minimum absolute atomic E-state index is 0.0203. The molecule has 4 saturated heterocycles.